The van der Waals surface area contributed by atoms with Gasteiger partial charge in [-0.1, -0.05) is 60.5 Å². The fourth-order valence-corrected chi connectivity index (χ4v) is 3.04. The summed E-state index contributed by atoms with van der Waals surface area (Å²) in [5, 5.41) is 3.46. The second-order valence-corrected chi connectivity index (χ2v) is 6.01. The van der Waals surface area contributed by atoms with Gasteiger partial charge in [0.2, 0.25) is 0 Å². The molecule has 0 radical (unpaired) electrons. The topological polar surface area (TPSA) is 12.0 Å². The van der Waals surface area contributed by atoms with Gasteiger partial charge in [0, 0.05) is 4.47 Å². The Bertz CT molecular complexity index is 598. The Morgan fingerprint density at radius 2 is 1.95 bits per heavy atom. The summed E-state index contributed by atoms with van der Waals surface area (Å²) in [7, 11) is 0. The van der Waals surface area contributed by atoms with Crippen molar-refractivity contribution in [1.29, 1.82) is 0 Å². The van der Waals surface area contributed by atoms with E-state index in [1.165, 1.54) is 17.2 Å². The number of benzene rings is 2. The van der Waals surface area contributed by atoms with Crippen molar-refractivity contribution < 1.29 is 4.39 Å². The Labute approximate surface area is 134 Å². The monoisotopic (exact) mass is 349 g/mol. The van der Waals surface area contributed by atoms with Crippen molar-refractivity contribution in [3.63, 3.8) is 0 Å². The molecule has 0 amide bonds. The first-order chi connectivity index (χ1) is 10.2. The second kappa shape index (κ2) is 7.71. The molecule has 1 atom stereocenters. The Balaban J connectivity index is 2.42. The Kier molecular flexibility index (Phi) is 5.95. The van der Waals surface area contributed by atoms with Gasteiger partial charge < -0.3 is 5.32 Å². The van der Waals surface area contributed by atoms with Crippen LogP contribution in [-0.2, 0) is 6.42 Å². The molecule has 112 valence electrons. The summed E-state index contributed by atoms with van der Waals surface area (Å²) < 4.78 is 14.5. The Morgan fingerprint density at radius 1 is 1.14 bits per heavy atom. The third-order valence-electron chi connectivity index (χ3n) is 3.50. The quantitative estimate of drug-likeness (QED) is 0.751. The molecule has 0 saturated carbocycles. The third kappa shape index (κ3) is 4.14. The molecule has 1 N–H and O–H groups in total. The van der Waals surface area contributed by atoms with E-state index >= 15 is 0 Å². The van der Waals surface area contributed by atoms with Crippen molar-refractivity contribution in [2.45, 2.75) is 32.7 Å². The zero-order valence-electron chi connectivity index (χ0n) is 12.5. The van der Waals surface area contributed by atoms with Crippen molar-refractivity contribution >= 4 is 15.9 Å². The zero-order chi connectivity index (χ0) is 15.2. The minimum atomic E-state index is -0.208. The van der Waals surface area contributed by atoms with Crippen molar-refractivity contribution in [3.05, 3.63) is 69.4 Å². The van der Waals surface area contributed by atoms with Crippen LogP contribution in [0.15, 0.2) is 46.9 Å². The highest BCUT2D eigenvalue weighted by Gasteiger charge is 2.17. The van der Waals surface area contributed by atoms with Crippen molar-refractivity contribution in [3.8, 4) is 0 Å². The summed E-state index contributed by atoms with van der Waals surface area (Å²) in [5.41, 5.74) is 3.44. The molecule has 1 nitrogen and oxygen atoms in total. The van der Waals surface area contributed by atoms with Crippen LogP contribution in [-0.4, -0.2) is 6.54 Å². The standard InChI is InChI=1S/C18H21BrFN/c1-3-6-13-7-5-8-14(11-13)18(21-4-2)16-12-15(20)9-10-17(16)19/h5,7-12,18,21H,3-4,6H2,1-2H3. The average molecular weight is 350 g/mol. The van der Waals surface area contributed by atoms with Gasteiger partial charge in [-0.3, -0.25) is 0 Å². The van der Waals surface area contributed by atoms with E-state index in [0.717, 1.165) is 29.4 Å². The first-order valence-electron chi connectivity index (χ1n) is 7.42. The van der Waals surface area contributed by atoms with Gasteiger partial charge in [-0.2, -0.15) is 0 Å². The molecule has 2 rings (SSSR count). The number of aryl methyl sites for hydroxylation is 1. The molecule has 0 bridgehead atoms. The van der Waals surface area contributed by atoms with Crippen LogP contribution in [0.4, 0.5) is 4.39 Å². The molecule has 0 aromatic heterocycles. The van der Waals surface area contributed by atoms with E-state index in [2.05, 4.69) is 59.4 Å². The molecule has 3 heteroatoms. The summed E-state index contributed by atoms with van der Waals surface area (Å²) in [4.78, 5) is 0. The van der Waals surface area contributed by atoms with Crippen LogP contribution in [0.2, 0.25) is 0 Å². The number of halogens is 2. The fraction of sp³-hybridized carbons (Fsp3) is 0.333. The van der Waals surface area contributed by atoms with Crippen molar-refractivity contribution in [2.24, 2.45) is 0 Å². The van der Waals surface area contributed by atoms with Crippen LogP contribution in [0.5, 0.6) is 0 Å². The van der Waals surface area contributed by atoms with Gasteiger partial charge >= 0.3 is 0 Å². The minimum Gasteiger partial charge on any atom is -0.306 e. The maximum Gasteiger partial charge on any atom is 0.123 e. The molecule has 2 aromatic carbocycles. The molecule has 0 aliphatic heterocycles. The minimum absolute atomic E-state index is 0.00289. The Hall–Kier alpha value is -1.19. The summed E-state index contributed by atoms with van der Waals surface area (Å²) in [6.07, 6.45) is 2.19. The molecular formula is C18H21BrFN. The van der Waals surface area contributed by atoms with Gasteiger partial charge in [0.05, 0.1) is 6.04 Å². The van der Waals surface area contributed by atoms with Crippen LogP contribution >= 0.6 is 15.9 Å². The molecular weight excluding hydrogens is 329 g/mol. The third-order valence-corrected chi connectivity index (χ3v) is 4.22. The smallest absolute Gasteiger partial charge is 0.123 e. The summed E-state index contributed by atoms with van der Waals surface area (Å²) in [5.74, 6) is -0.208. The van der Waals surface area contributed by atoms with Gasteiger partial charge in [0.1, 0.15) is 5.82 Å². The predicted molar refractivity (Wildman–Crippen MR) is 90.1 cm³/mol. The number of rotatable bonds is 6. The van der Waals surface area contributed by atoms with Crippen molar-refractivity contribution in [2.75, 3.05) is 6.54 Å². The molecule has 0 heterocycles. The predicted octanol–water partition coefficient (Wildman–Crippen LogP) is 5.24. The Morgan fingerprint density at radius 3 is 2.67 bits per heavy atom. The maximum atomic E-state index is 13.6. The van der Waals surface area contributed by atoms with Gasteiger partial charge in [-0.25, -0.2) is 4.39 Å². The summed E-state index contributed by atoms with van der Waals surface area (Å²) in [6, 6.07) is 13.4. The van der Waals surface area contributed by atoms with E-state index in [4.69, 9.17) is 0 Å². The first-order valence-corrected chi connectivity index (χ1v) is 8.22. The van der Waals surface area contributed by atoms with Crippen LogP contribution in [0.1, 0.15) is 43.0 Å². The lowest BCUT2D eigenvalue weighted by molar-refractivity contribution is 0.601. The number of hydrogen-bond donors (Lipinski definition) is 1. The molecule has 0 fully saturated rings. The highest BCUT2D eigenvalue weighted by Crippen LogP contribution is 2.30. The molecule has 0 aliphatic rings. The van der Waals surface area contributed by atoms with E-state index in [1.807, 2.05) is 0 Å². The second-order valence-electron chi connectivity index (χ2n) is 5.15. The van der Waals surface area contributed by atoms with E-state index in [1.54, 1.807) is 12.1 Å². The van der Waals surface area contributed by atoms with E-state index in [-0.39, 0.29) is 11.9 Å². The van der Waals surface area contributed by atoms with Crippen LogP contribution < -0.4 is 5.32 Å². The molecule has 1 unspecified atom stereocenters. The van der Waals surface area contributed by atoms with Gasteiger partial charge in [-0.15, -0.1) is 0 Å². The van der Waals surface area contributed by atoms with Crippen LogP contribution in [0.3, 0.4) is 0 Å². The van der Waals surface area contributed by atoms with Gasteiger partial charge in [0.15, 0.2) is 0 Å². The zero-order valence-corrected chi connectivity index (χ0v) is 14.1. The highest BCUT2D eigenvalue weighted by atomic mass is 79.9. The molecule has 21 heavy (non-hydrogen) atoms. The van der Waals surface area contributed by atoms with E-state index < -0.39 is 0 Å². The number of nitrogens with one attached hydrogen (secondary N) is 1. The highest BCUT2D eigenvalue weighted by molar-refractivity contribution is 9.10. The summed E-state index contributed by atoms with van der Waals surface area (Å²) in [6.45, 7) is 5.07. The van der Waals surface area contributed by atoms with Crippen molar-refractivity contribution in [1.82, 2.24) is 5.32 Å². The lowest BCUT2D eigenvalue weighted by atomic mass is 9.96. The molecule has 0 spiro atoms. The van der Waals surface area contributed by atoms with Gasteiger partial charge in [0.25, 0.3) is 0 Å². The van der Waals surface area contributed by atoms with E-state index in [0.29, 0.717) is 0 Å². The SMILES string of the molecule is CCCc1cccc(C(NCC)c2cc(F)ccc2Br)c1. The lowest BCUT2D eigenvalue weighted by Crippen LogP contribution is -2.22. The molecule has 2 aromatic rings. The number of hydrogen-bond acceptors (Lipinski definition) is 1. The average Bonchev–Trinajstić information content (AvgIpc) is 2.48. The van der Waals surface area contributed by atoms with Crippen LogP contribution in [0.25, 0.3) is 0 Å². The van der Waals surface area contributed by atoms with Gasteiger partial charge in [-0.05, 0) is 47.9 Å². The maximum absolute atomic E-state index is 13.6. The first kappa shape index (κ1) is 16.2. The summed E-state index contributed by atoms with van der Waals surface area (Å²) >= 11 is 3.54. The molecule has 0 saturated heterocycles. The lowest BCUT2D eigenvalue weighted by Gasteiger charge is -2.21. The molecule has 0 aliphatic carbocycles. The largest absolute Gasteiger partial charge is 0.306 e. The van der Waals surface area contributed by atoms with E-state index in [9.17, 15) is 4.39 Å². The van der Waals surface area contributed by atoms with Crippen LogP contribution in [0, 0.1) is 5.82 Å². The fourth-order valence-electron chi connectivity index (χ4n) is 2.56. The normalized spacial score (nSPS) is 12.4.